The van der Waals surface area contributed by atoms with Gasteiger partial charge in [-0.1, -0.05) is 19.2 Å². The van der Waals surface area contributed by atoms with Gasteiger partial charge >= 0.3 is 29.2 Å². The highest BCUT2D eigenvalue weighted by Crippen LogP contribution is 2.37. The van der Waals surface area contributed by atoms with Gasteiger partial charge in [-0.05, 0) is 0 Å². The van der Waals surface area contributed by atoms with Crippen molar-refractivity contribution in [2.75, 3.05) is 13.2 Å². The molecule has 0 bridgehead atoms. The van der Waals surface area contributed by atoms with Crippen molar-refractivity contribution in [1.29, 1.82) is 0 Å². The fraction of sp³-hybridized carbons (Fsp3) is 0.500. The van der Waals surface area contributed by atoms with E-state index in [4.69, 9.17) is 0 Å². The summed E-state index contributed by atoms with van der Waals surface area (Å²) in [6.45, 7) is 3.23. The second kappa shape index (κ2) is 8.55. The quantitative estimate of drug-likeness (QED) is 0.132. The molecule has 1 atom stereocenters. The van der Waals surface area contributed by atoms with Gasteiger partial charge in [0.1, 0.15) is 6.61 Å². The highest BCUT2D eigenvalue weighted by molar-refractivity contribution is 7.86. The molecule has 0 spiro atoms. The molecule has 26 heavy (non-hydrogen) atoms. The first kappa shape index (κ1) is 23.9. The van der Waals surface area contributed by atoms with Crippen LogP contribution in [0.4, 0.5) is 22.0 Å². The van der Waals surface area contributed by atoms with Crippen LogP contribution in [0.3, 0.4) is 0 Å². The van der Waals surface area contributed by atoms with Crippen LogP contribution in [-0.2, 0) is 33.9 Å². The first-order valence-electron chi connectivity index (χ1n) is 6.32. The first-order chi connectivity index (χ1) is 11.6. The average molecular weight is 411 g/mol. The van der Waals surface area contributed by atoms with Gasteiger partial charge in [0.15, 0.2) is 10.1 Å². The maximum absolute atomic E-state index is 13.3. The molecular weight excluding hydrogens is 399 g/mol. The Morgan fingerprint density at radius 2 is 1.65 bits per heavy atom. The number of halogens is 5. The van der Waals surface area contributed by atoms with Crippen LogP contribution in [0.5, 0.6) is 0 Å². The predicted molar refractivity (Wildman–Crippen MR) is 71.4 cm³/mol. The van der Waals surface area contributed by atoms with E-state index in [0.29, 0.717) is 0 Å². The number of carbonyl (C=O) groups is 2. The molecule has 0 radical (unpaired) electrons. The molecule has 0 saturated carbocycles. The Kier molecular flexibility index (Phi) is 7.87. The molecule has 0 saturated heterocycles. The second-order valence-electron chi connectivity index (χ2n) is 4.32. The van der Waals surface area contributed by atoms with E-state index in [1.807, 2.05) is 0 Å². The van der Waals surface area contributed by atoms with Gasteiger partial charge in [0, 0.05) is 12.5 Å². The molecule has 0 N–H and O–H groups in total. The van der Waals surface area contributed by atoms with Crippen molar-refractivity contribution >= 4 is 22.1 Å². The molecule has 0 aliphatic heterocycles. The van der Waals surface area contributed by atoms with Gasteiger partial charge < -0.3 is 18.8 Å². The van der Waals surface area contributed by atoms with E-state index in [-0.39, 0.29) is 6.08 Å². The lowest BCUT2D eigenvalue weighted by Gasteiger charge is -2.32. The van der Waals surface area contributed by atoms with Crippen molar-refractivity contribution in [3.63, 3.8) is 0 Å². The molecule has 0 amide bonds. The Hall–Kier alpha value is -2.06. The molecule has 150 valence electrons. The van der Waals surface area contributed by atoms with E-state index in [1.54, 1.807) is 0 Å². The number of hydrogen-bond acceptors (Lipinski definition) is 8. The van der Waals surface area contributed by atoms with Gasteiger partial charge in [-0.15, -0.1) is 0 Å². The van der Waals surface area contributed by atoms with Gasteiger partial charge in [-0.2, -0.15) is 22.0 Å². The number of carbonyl (C=O) groups excluding carboxylic acids is 2. The van der Waals surface area contributed by atoms with Crippen LogP contribution in [0.1, 0.15) is 6.42 Å². The Balaban J connectivity index is 5.74. The molecule has 0 aromatic carbocycles. The van der Waals surface area contributed by atoms with Crippen LogP contribution in [0, 0.1) is 0 Å². The minimum absolute atomic E-state index is 0.210. The number of rotatable bonds is 10. The zero-order chi connectivity index (χ0) is 20.8. The van der Waals surface area contributed by atoms with Crippen LogP contribution in [-0.4, -0.2) is 55.3 Å². The van der Waals surface area contributed by atoms with Crippen LogP contribution < -0.4 is 0 Å². The third kappa shape index (κ3) is 5.74. The van der Waals surface area contributed by atoms with Crippen LogP contribution in [0.15, 0.2) is 25.3 Å². The van der Waals surface area contributed by atoms with Crippen molar-refractivity contribution in [2.45, 2.75) is 23.6 Å². The largest absolute Gasteiger partial charge is 0.743 e. The van der Waals surface area contributed by atoms with E-state index in [1.165, 1.54) is 0 Å². The lowest BCUT2D eigenvalue weighted by Crippen LogP contribution is -2.58. The Bertz CT molecular complexity index is 657. The molecule has 14 heteroatoms. The molecule has 0 fully saturated rings. The molecule has 0 aromatic heterocycles. The monoisotopic (exact) mass is 411 g/mol. The normalized spacial score (nSPS) is 14.8. The highest BCUT2D eigenvalue weighted by Gasteiger charge is 2.67. The van der Waals surface area contributed by atoms with Crippen LogP contribution in [0.2, 0.25) is 0 Å². The zero-order valence-electron chi connectivity index (χ0n) is 12.8. The summed E-state index contributed by atoms with van der Waals surface area (Å²) in [7, 11) is -6.22. The van der Waals surface area contributed by atoms with Gasteiger partial charge in [0.25, 0.3) is 0 Å². The van der Waals surface area contributed by atoms with E-state index in [0.717, 1.165) is 6.08 Å². The predicted octanol–water partition coefficient (Wildman–Crippen LogP) is 1.25. The second-order valence-corrected chi connectivity index (χ2v) is 5.82. The number of esters is 2. The maximum atomic E-state index is 13.3. The summed E-state index contributed by atoms with van der Waals surface area (Å²) in [4.78, 5) is 22.8. The minimum atomic E-state index is -6.22. The van der Waals surface area contributed by atoms with Crippen molar-refractivity contribution < 1.29 is 58.7 Å². The summed E-state index contributed by atoms with van der Waals surface area (Å²) in [5, 5.41) is -5.00. The summed E-state index contributed by atoms with van der Waals surface area (Å²) in [5.41, 5.74) is 0. The van der Waals surface area contributed by atoms with Crippen molar-refractivity contribution in [3.05, 3.63) is 25.3 Å². The van der Waals surface area contributed by atoms with E-state index in [2.05, 4.69) is 27.4 Å². The fourth-order valence-corrected chi connectivity index (χ4v) is 1.57. The first-order valence-corrected chi connectivity index (χ1v) is 7.73. The van der Waals surface area contributed by atoms with E-state index < -0.39 is 58.9 Å². The zero-order valence-corrected chi connectivity index (χ0v) is 13.6. The molecule has 8 nitrogen and oxygen atoms in total. The molecule has 0 rings (SSSR count). The standard InChI is InChI=1S/C12H13F5O8S/c1-3-6-23-9(19)11(12(15,16)17,25-8(18)4-2)24-7-5-10(13,14)26(20,21)22/h3-4H,1-2,5-7H2,(H,20,21,22)/p-1. The number of hydrogen-bond donors (Lipinski definition) is 0. The van der Waals surface area contributed by atoms with Crippen molar-refractivity contribution in [2.24, 2.45) is 0 Å². The van der Waals surface area contributed by atoms with Gasteiger partial charge in [0.2, 0.25) is 0 Å². The number of alkyl halides is 5. The molecule has 0 aliphatic carbocycles. The van der Waals surface area contributed by atoms with E-state index in [9.17, 15) is 44.5 Å². The van der Waals surface area contributed by atoms with Crippen molar-refractivity contribution in [3.8, 4) is 0 Å². The van der Waals surface area contributed by atoms with Gasteiger partial charge in [-0.3, -0.25) is 0 Å². The Labute approximate surface area is 143 Å². The molecular formula is C12H12F5O8S-. The summed E-state index contributed by atoms with van der Waals surface area (Å²) in [5.74, 6) is -8.68. The topological polar surface area (TPSA) is 119 Å². The third-order valence-corrected chi connectivity index (χ3v) is 3.39. The van der Waals surface area contributed by atoms with Gasteiger partial charge in [0.05, 0.1) is 6.61 Å². The SMILES string of the molecule is C=CCOC(=O)C(OCCC(F)(F)S(=O)(=O)[O-])(OC(=O)C=C)C(F)(F)F. The summed E-state index contributed by atoms with van der Waals surface area (Å²) in [6.07, 6.45) is -6.83. The lowest BCUT2D eigenvalue weighted by atomic mass is 10.2. The average Bonchev–Trinajstić information content (AvgIpc) is 2.48. The molecule has 1 unspecified atom stereocenters. The van der Waals surface area contributed by atoms with E-state index >= 15 is 0 Å². The molecule has 0 aliphatic rings. The van der Waals surface area contributed by atoms with Crippen LogP contribution in [0.25, 0.3) is 0 Å². The highest BCUT2D eigenvalue weighted by atomic mass is 32.2. The Morgan fingerprint density at radius 3 is 2.04 bits per heavy atom. The van der Waals surface area contributed by atoms with Gasteiger partial charge in [-0.25, -0.2) is 18.0 Å². The summed E-state index contributed by atoms with van der Waals surface area (Å²) in [6, 6.07) is 0. The number of ether oxygens (including phenoxy) is 3. The minimum Gasteiger partial charge on any atom is -0.743 e. The van der Waals surface area contributed by atoms with Crippen molar-refractivity contribution in [1.82, 2.24) is 0 Å². The summed E-state index contributed by atoms with van der Waals surface area (Å²) < 4.78 is 109. The maximum Gasteiger partial charge on any atom is 0.468 e. The Morgan fingerprint density at radius 1 is 1.12 bits per heavy atom. The molecule has 0 heterocycles. The fourth-order valence-electron chi connectivity index (χ4n) is 1.24. The smallest absolute Gasteiger partial charge is 0.468 e. The van der Waals surface area contributed by atoms with Crippen LogP contribution >= 0.6 is 0 Å². The molecule has 0 aromatic rings. The summed E-state index contributed by atoms with van der Waals surface area (Å²) >= 11 is 0. The third-order valence-electron chi connectivity index (χ3n) is 2.45. The lowest BCUT2D eigenvalue weighted by molar-refractivity contribution is -0.355.